The first-order chi connectivity index (χ1) is 7.69. The molecule has 1 saturated carbocycles. The van der Waals surface area contributed by atoms with Crippen molar-refractivity contribution in [1.82, 2.24) is 4.98 Å². The van der Waals surface area contributed by atoms with Crippen LogP contribution in [0.2, 0.25) is 0 Å². The Labute approximate surface area is 91.7 Å². The van der Waals surface area contributed by atoms with Gasteiger partial charge >= 0.3 is 0 Å². The monoisotopic (exact) mass is 224 g/mol. The van der Waals surface area contributed by atoms with Gasteiger partial charge in [0.05, 0.1) is 17.1 Å². The van der Waals surface area contributed by atoms with Crippen molar-refractivity contribution in [3.8, 4) is 5.88 Å². The molecule has 1 aliphatic carbocycles. The fourth-order valence-electron chi connectivity index (χ4n) is 1.39. The summed E-state index contributed by atoms with van der Waals surface area (Å²) in [6.07, 6.45) is 3.19. The molecule has 1 aromatic heterocycles. The zero-order chi connectivity index (χ0) is 11.5. The minimum absolute atomic E-state index is 0.0859. The van der Waals surface area contributed by atoms with Gasteiger partial charge in [-0.3, -0.25) is 10.1 Å². The summed E-state index contributed by atoms with van der Waals surface area (Å²) in [5, 5.41) is 10.6. The Hall–Kier alpha value is -1.89. The van der Waals surface area contributed by atoms with Gasteiger partial charge in [-0.25, -0.2) is 5.84 Å². The van der Waals surface area contributed by atoms with Gasteiger partial charge < -0.3 is 10.2 Å². The summed E-state index contributed by atoms with van der Waals surface area (Å²) in [5.41, 5.74) is 2.19. The topological polar surface area (TPSA) is 103 Å². The number of nitrogens with zero attached hydrogens (tertiary/aromatic N) is 2. The molecule has 0 spiro atoms. The number of anilines is 1. The Kier molecular flexibility index (Phi) is 2.86. The third-order valence-electron chi connectivity index (χ3n) is 2.48. The quantitative estimate of drug-likeness (QED) is 0.452. The first-order valence-electron chi connectivity index (χ1n) is 4.99. The molecule has 7 nitrogen and oxygen atoms in total. The predicted molar refractivity (Wildman–Crippen MR) is 57.0 cm³/mol. The molecule has 0 amide bonds. The van der Waals surface area contributed by atoms with Crippen LogP contribution in [0.3, 0.4) is 0 Å². The van der Waals surface area contributed by atoms with E-state index < -0.39 is 4.92 Å². The van der Waals surface area contributed by atoms with E-state index in [2.05, 4.69) is 10.4 Å². The van der Waals surface area contributed by atoms with Crippen molar-refractivity contribution in [3.63, 3.8) is 0 Å². The lowest BCUT2D eigenvalue weighted by Gasteiger charge is -2.25. The van der Waals surface area contributed by atoms with E-state index in [-0.39, 0.29) is 23.5 Å². The molecule has 0 radical (unpaired) electrons. The van der Waals surface area contributed by atoms with E-state index in [0.29, 0.717) is 0 Å². The lowest BCUT2D eigenvalue weighted by Crippen LogP contribution is -2.25. The molecule has 0 bridgehead atoms. The van der Waals surface area contributed by atoms with Gasteiger partial charge in [-0.15, -0.1) is 0 Å². The molecular weight excluding hydrogens is 212 g/mol. The summed E-state index contributed by atoms with van der Waals surface area (Å²) >= 11 is 0. The molecule has 0 aliphatic heterocycles. The van der Waals surface area contributed by atoms with Crippen molar-refractivity contribution in [2.75, 3.05) is 5.43 Å². The van der Waals surface area contributed by atoms with Crippen molar-refractivity contribution in [1.29, 1.82) is 0 Å². The highest BCUT2D eigenvalue weighted by Gasteiger charge is 2.21. The fourth-order valence-corrected chi connectivity index (χ4v) is 1.39. The molecule has 0 unspecified atom stereocenters. The summed E-state index contributed by atoms with van der Waals surface area (Å²) in [7, 11) is 0. The van der Waals surface area contributed by atoms with Crippen molar-refractivity contribution in [2.24, 2.45) is 5.84 Å². The first kappa shape index (κ1) is 10.6. The number of pyridine rings is 1. The van der Waals surface area contributed by atoms with Crippen LogP contribution in [-0.2, 0) is 0 Å². The van der Waals surface area contributed by atoms with Gasteiger partial charge in [-0.05, 0) is 19.3 Å². The largest absolute Gasteiger partial charge is 0.474 e. The van der Waals surface area contributed by atoms with Gasteiger partial charge in [0.15, 0.2) is 5.82 Å². The average Bonchev–Trinajstić information content (AvgIpc) is 2.23. The number of nitro groups is 1. The Bertz CT molecular complexity index is 406. The van der Waals surface area contributed by atoms with E-state index in [1.54, 1.807) is 0 Å². The number of nitrogens with one attached hydrogen (secondary N) is 1. The third kappa shape index (κ3) is 2.19. The Balaban J connectivity index is 2.21. The molecule has 3 N–H and O–H groups in total. The Morgan fingerprint density at radius 1 is 1.56 bits per heavy atom. The van der Waals surface area contributed by atoms with Gasteiger partial charge in [-0.1, -0.05) is 0 Å². The molecule has 1 fully saturated rings. The number of nitrogen functional groups attached to an aromatic ring is 1. The third-order valence-corrected chi connectivity index (χ3v) is 2.48. The van der Waals surface area contributed by atoms with Crippen LogP contribution in [0.15, 0.2) is 12.1 Å². The molecule has 0 atom stereocenters. The van der Waals surface area contributed by atoms with Crippen LogP contribution in [0.4, 0.5) is 11.5 Å². The molecule has 0 saturated heterocycles. The summed E-state index contributed by atoms with van der Waals surface area (Å²) < 4.78 is 5.47. The van der Waals surface area contributed by atoms with E-state index >= 15 is 0 Å². The van der Waals surface area contributed by atoms with Crippen molar-refractivity contribution >= 4 is 11.5 Å². The lowest BCUT2D eigenvalue weighted by molar-refractivity contribution is -0.384. The van der Waals surface area contributed by atoms with Crippen LogP contribution in [0.25, 0.3) is 0 Å². The van der Waals surface area contributed by atoms with Gasteiger partial charge in [0.25, 0.3) is 5.69 Å². The molecule has 0 aromatic carbocycles. The highest BCUT2D eigenvalue weighted by molar-refractivity contribution is 5.47. The molecule has 1 aliphatic rings. The number of ether oxygens (including phenoxy) is 1. The highest BCUT2D eigenvalue weighted by Crippen LogP contribution is 2.27. The van der Waals surface area contributed by atoms with Crippen LogP contribution in [0.5, 0.6) is 5.88 Å². The second kappa shape index (κ2) is 4.31. The standard InChI is InChI=1S/C9H12N4O3/c10-12-8-4-6(13(14)15)5-9(11-8)16-7-2-1-3-7/h4-5,7H,1-3,10H2,(H,11,12). The molecule has 7 heteroatoms. The normalized spacial score (nSPS) is 15.3. The summed E-state index contributed by atoms with van der Waals surface area (Å²) in [6.45, 7) is 0. The SMILES string of the molecule is NNc1cc([N+](=O)[O-])cc(OC2CCC2)n1. The predicted octanol–water partition coefficient (Wildman–Crippen LogP) is 1.21. The van der Waals surface area contributed by atoms with Crippen LogP contribution in [-0.4, -0.2) is 16.0 Å². The molecule has 2 rings (SSSR count). The second-order valence-electron chi connectivity index (χ2n) is 3.62. The van der Waals surface area contributed by atoms with Crippen LogP contribution in [0.1, 0.15) is 19.3 Å². The molecule has 1 heterocycles. The van der Waals surface area contributed by atoms with Gasteiger partial charge in [0.2, 0.25) is 5.88 Å². The minimum Gasteiger partial charge on any atom is -0.474 e. The van der Waals surface area contributed by atoms with Crippen LogP contribution >= 0.6 is 0 Å². The smallest absolute Gasteiger partial charge is 0.278 e. The molecule has 16 heavy (non-hydrogen) atoms. The Morgan fingerprint density at radius 2 is 2.31 bits per heavy atom. The van der Waals surface area contributed by atoms with E-state index in [0.717, 1.165) is 19.3 Å². The molecular formula is C9H12N4O3. The van der Waals surface area contributed by atoms with Crippen molar-refractivity contribution in [3.05, 3.63) is 22.2 Å². The average molecular weight is 224 g/mol. The van der Waals surface area contributed by atoms with Crippen LogP contribution in [0, 0.1) is 10.1 Å². The first-order valence-corrected chi connectivity index (χ1v) is 4.99. The summed E-state index contributed by atoms with van der Waals surface area (Å²) in [6, 6.07) is 2.56. The van der Waals surface area contributed by atoms with Crippen molar-refractivity contribution in [2.45, 2.75) is 25.4 Å². The zero-order valence-corrected chi connectivity index (χ0v) is 8.55. The number of aromatic nitrogens is 1. The van der Waals surface area contributed by atoms with Crippen molar-refractivity contribution < 1.29 is 9.66 Å². The number of rotatable bonds is 4. The maximum absolute atomic E-state index is 10.6. The van der Waals surface area contributed by atoms with Crippen LogP contribution < -0.4 is 16.0 Å². The maximum Gasteiger partial charge on any atom is 0.278 e. The number of hydrazine groups is 1. The number of hydrogen-bond donors (Lipinski definition) is 2. The Morgan fingerprint density at radius 3 is 2.81 bits per heavy atom. The van der Waals surface area contributed by atoms with E-state index in [4.69, 9.17) is 10.6 Å². The van der Waals surface area contributed by atoms with E-state index in [1.165, 1.54) is 12.1 Å². The number of nitrogens with two attached hydrogens (primary N) is 1. The minimum atomic E-state index is -0.504. The molecule has 86 valence electrons. The zero-order valence-electron chi connectivity index (χ0n) is 8.55. The van der Waals surface area contributed by atoms with Gasteiger partial charge in [0, 0.05) is 0 Å². The van der Waals surface area contributed by atoms with Gasteiger partial charge in [-0.2, -0.15) is 4.98 Å². The summed E-state index contributed by atoms with van der Waals surface area (Å²) in [5.74, 6) is 5.64. The summed E-state index contributed by atoms with van der Waals surface area (Å²) in [4.78, 5) is 14.1. The van der Waals surface area contributed by atoms with Gasteiger partial charge in [0.1, 0.15) is 6.10 Å². The lowest BCUT2D eigenvalue weighted by atomic mass is 9.96. The highest BCUT2D eigenvalue weighted by atomic mass is 16.6. The van der Waals surface area contributed by atoms with E-state index in [9.17, 15) is 10.1 Å². The molecule has 1 aromatic rings. The number of hydrogen-bond acceptors (Lipinski definition) is 6. The van der Waals surface area contributed by atoms with E-state index in [1.807, 2.05) is 0 Å². The maximum atomic E-state index is 10.6. The second-order valence-corrected chi connectivity index (χ2v) is 3.62. The fraction of sp³-hybridized carbons (Fsp3) is 0.444.